The molecule has 0 saturated carbocycles. The van der Waals surface area contributed by atoms with E-state index in [2.05, 4.69) is 13.8 Å². The smallest absolute Gasteiger partial charge is 0.137 e. The summed E-state index contributed by atoms with van der Waals surface area (Å²) in [5, 5.41) is 0. The Hall–Kier alpha value is -0.110. The van der Waals surface area contributed by atoms with Crippen molar-refractivity contribution in [3.8, 4) is 0 Å². The number of rotatable bonds is 0. The number of fused-ring (bicyclic) bond motifs is 2. The lowest BCUT2D eigenvalue weighted by atomic mass is 9.75. The molecule has 2 saturated heterocycles. The maximum absolute atomic E-state index is 13.6. The molecule has 5 unspecified atom stereocenters. The van der Waals surface area contributed by atoms with Gasteiger partial charge in [0.1, 0.15) is 5.67 Å². The molecule has 1 nitrogen and oxygen atoms in total. The fourth-order valence-corrected chi connectivity index (χ4v) is 2.48. The van der Waals surface area contributed by atoms with Gasteiger partial charge in [0, 0.05) is 6.42 Å². The van der Waals surface area contributed by atoms with Crippen LogP contribution in [0.1, 0.15) is 27.2 Å². The van der Waals surface area contributed by atoms with Crippen molar-refractivity contribution in [3.63, 3.8) is 0 Å². The van der Waals surface area contributed by atoms with Crippen molar-refractivity contribution in [2.45, 2.75) is 45.1 Å². The minimum atomic E-state index is -1.06. The van der Waals surface area contributed by atoms with Gasteiger partial charge in [-0.25, -0.2) is 4.39 Å². The average Bonchev–Trinajstić information content (AvgIpc) is 2.31. The van der Waals surface area contributed by atoms with Gasteiger partial charge in [-0.2, -0.15) is 0 Å². The molecular formula is C9H15FO. The molecule has 0 aromatic rings. The SMILES string of the molecule is CC1C2CC(C)(F)C(O2)C1C. The second kappa shape index (κ2) is 1.98. The molecule has 2 bridgehead atoms. The standard InChI is InChI=1S/C9H15FO/c1-5-6(2)8-9(3,10)4-7(5)11-8/h5-8H,4H2,1-3H3. The highest BCUT2D eigenvalue weighted by atomic mass is 19.1. The zero-order valence-corrected chi connectivity index (χ0v) is 7.30. The predicted molar refractivity (Wildman–Crippen MR) is 41.1 cm³/mol. The lowest BCUT2D eigenvalue weighted by Crippen LogP contribution is -2.39. The van der Waals surface area contributed by atoms with Crippen LogP contribution in [0.3, 0.4) is 0 Å². The molecule has 2 heterocycles. The van der Waals surface area contributed by atoms with Crippen LogP contribution in [0.15, 0.2) is 0 Å². The van der Waals surface area contributed by atoms with E-state index in [9.17, 15) is 4.39 Å². The molecule has 2 aliphatic heterocycles. The summed E-state index contributed by atoms with van der Waals surface area (Å²) in [4.78, 5) is 0. The van der Waals surface area contributed by atoms with Crippen molar-refractivity contribution in [2.24, 2.45) is 11.8 Å². The van der Waals surface area contributed by atoms with Crippen LogP contribution >= 0.6 is 0 Å². The summed E-state index contributed by atoms with van der Waals surface area (Å²) in [7, 11) is 0. The van der Waals surface area contributed by atoms with Crippen LogP contribution < -0.4 is 0 Å². The Labute approximate surface area is 66.9 Å². The molecule has 5 atom stereocenters. The maximum Gasteiger partial charge on any atom is 0.137 e. The van der Waals surface area contributed by atoms with Gasteiger partial charge in [-0.15, -0.1) is 0 Å². The first-order chi connectivity index (χ1) is 5.02. The van der Waals surface area contributed by atoms with E-state index in [1.54, 1.807) is 6.92 Å². The Kier molecular flexibility index (Phi) is 1.35. The minimum absolute atomic E-state index is 0.137. The molecule has 0 radical (unpaired) electrons. The lowest BCUT2D eigenvalue weighted by molar-refractivity contribution is 0.0256. The van der Waals surface area contributed by atoms with Crippen LogP contribution in [0, 0.1) is 11.8 Å². The monoisotopic (exact) mass is 158 g/mol. The van der Waals surface area contributed by atoms with E-state index < -0.39 is 5.67 Å². The molecule has 11 heavy (non-hydrogen) atoms. The summed E-state index contributed by atoms with van der Waals surface area (Å²) in [6.07, 6.45) is 0.649. The van der Waals surface area contributed by atoms with Crippen LogP contribution in [0.2, 0.25) is 0 Å². The number of ether oxygens (including phenoxy) is 1. The zero-order chi connectivity index (χ0) is 8.22. The third-order valence-electron chi connectivity index (χ3n) is 3.41. The van der Waals surface area contributed by atoms with Crippen LogP contribution in [0.5, 0.6) is 0 Å². The van der Waals surface area contributed by atoms with Crippen molar-refractivity contribution >= 4 is 0 Å². The van der Waals surface area contributed by atoms with Gasteiger partial charge in [-0.3, -0.25) is 0 Å². The molecule has 2 heteroatoms. The largest absolute Gasteiger partial charge is 0.371 e. The Bertz CT molecular complexity index is 176. The molecule has 0 aliphatic carbocycles. The highest BCUT2D eigenvalue weighted by molar-refractivity contribution is 5.04. The van der Waals surface area contributed by atoms with Gasteiger partial charge in [0.25, 0.3) is 0 Å². The van der Waals surface area contributed by atoms with Gasteiger partial charge in [-0.05, 0) is 18.8 Å². The summed E-state index contributed by atoms with van der Waals surface area (Å²) < 4.78 is 19.1. The van der Waals surface area contributed by atoms with Crippen molar-refractivity contribution in [3.05, 3.63) is 0 Å². The van der Waals surface area contributed by atoms with Gasteiger partial charge >= 0.3 is 0 Å². The molecule has 0 N–H and O–H groups in total. The average molecular weight is 158 g/mol. The summed E-state index contributed by atoms with van der Waals surface area (Å²) in [6.45, 7) is 5.91. The molecule has 0 spiro atoms. The normalized spacial score (nSPS) is 62.2. The van der Waals surface area contributed by atoms with E-state index in [0.717, 1.165) is 0 Å². The number of halogens is 1. The summed E-state index contributed by atoms with van der Waals surface area (Å²) in [6, 6.07) is 0. The Morgan fingerprint density at radius 2 is 2.00 bits per heavy atom. The van der Waals surface area contributed by atoms with Crippen molar-refractivity contribution in [1.82, 2.24) is 0 Å². The maximum atomic E-state index is 13.6. The fraction of sp³-hybridized carbons (Fsp3) is 1.00. The third kappa shape index (κ3) is 0.851. The van der Waals surface area contributed by atoms with E-state index in [4.69, 9.17) is 4.74 Å². The molecule has 2 rings (SSSR count). The van der Waals surface area contributed by atoms with Gasteiger partial charge < -0.3 is 4.74 Å². The molecule has 0 aromatic heterocycles. The van der Waals surface area contributed by atoms with Crippen LogP contribution in [0.25, 0.3) is 0 Å². The zero-order valence-electron chi connectivity index (χ0n) is 7.30. The second-order valence-corrected chi connectivity index (χ2v) is 4.30. The Morgan fingerprint density at radius 1 is 1.36 bits per heavy atom. The lowest BCUT2D eigenvalue weighted by Gasteiger charge is -2.30. The molecule has 0 amide bonds. The van der Waals surface area contributed by atoms with E-state index in [-0.39, 0.29) is 12.2 Å². The second-order valence-electron chi connectivity index (χ2n) is 4.30. The summed E-state index contributed by atoms with van der Waals surface area (Å²) in [5.41, 5.74) is -1.06. The topological polar surface area (TPSA) is 9.23 Å². The number of hydrogen-bond donors (Lipinski definition) is 0. The molecular weight excluding hydrogens is 143 g/mol. The van der Waals surface area contributed by atoms with E-state index in [1.807, 2.05) is 0 Å². The third-order valence-corrected chi connectivity index (χ3v) is 3.41. The van der Waals surface area contributed by atoms with Crippen LogP contribution in [-0.4, -0.2) is 17.9 Å². The van der Waals surface area contributed by atoms with Crippen molar-refractivity contribution in [1.29, 1.82) is 0 Å². The van der Waals surface area contributed by atoms with Crippen LogP contribution in [0.4, 0.5) is 4.39 Å². The molecule has 64 valence electrons. The quantitative estimate of drug-likeness (QED) is 0.525. The molecule has 2 aliphatic rings. The minimum Gasteiger partial charge on any atom is -0.371 e. The van der Waals surface area contributed by atoms with Gasteiger partial charge in [0.05, 0.1) is 12.2 Å². The number of alkyl halides is 1. The highest BCUT2D eigenvalue weighted by Crippen LogP contribution is 2.49. The van der Waals surface area contributed by atoms with E-state index in [1.165, 1.54) is 0 Å². The summed E-state index contributed by atoms with van der Waals surface area (Å²) >= 11 is 0. The predicted octanol–water partition coefficient (Wildman–Crippen LogP) is 2.16. The first kappa shape index (κ1) is 7.53. The van der Waals surface area contributed by atoms with Crippen molar-refractivity contribution in [2.75, 3.05) is 0 Å². The van der Waals surface area contributed by atoms with Gasteiger partial charge in [0.2, 0.25) is 0 Å². The Morgan fingerprint density at radius 3 is 2.36 bits per heavy atom. The Balaban J connectivity index is 2.23. The van der Waals surface area contributed by atoms with E-state index >= 15 is 0 Å². The highest BCUT2D eigenvalue weighted by Gasteiger charge is 2.57. The first-order valence-corrected chi connectivity index (χ1v) is 4.37. The first-order valence-electron chi connectivity index (χ1n) is 4.37. The molecule has 2 fully saturated rings. The number of hydrogen-bond acceptors (Lipinski definition) is 1. The summed E-state index contributed by atoms with van der Waals surface area (Å²) in [5.74, 6) is 0.938. The fourth-order valence-electron chi connectivity index (χ4n) is 2.48. The van der Waals surface area contributed by atoms with Gasteiger partial charge in [0.15, 0.2) is 0 Å². The molecule has 0 aromatic carbocycles. The van der Waals surface area contributed by atoms with Crippen LogP contribution in [-0.2, 0) is 4.74 Å². The van der Waals surface area contributed by atoms with E-state index in [0.29, 0.717) is 18.3 Å². The van der Waals surface area contributed by atoms with Gasteiger partial charge in [-0.1, -0.05) is 13.8 Å². The van der Waals surface area contributed by atoms with Crippen molar-refractivity contribution < 1.29 is 9.13 Å².